The van der Waals surface area contributed by atoms with E-state index in [4.69, 9.17) is 0 Å². The molecule has 0 aromatic carbocycles. The molecule has 1 aliphatic rings. The van der Waals surface area contributed by atoms with Gasteiger partial charge in [0.1, 0.15) is 0 Å². The van der Waals surface area contributed by atoms with Crippen molar-refractivity contribution >= 4 is 8.93 Å². The van der Waals surface area contributed by atoms with E-state index in [0.29, 0.717) is 0 Å². The molecule has 0 unspecified atom stereocenters. The van der Waals surface area contributed by atoms with E-state index in [0.717, 1.165) is 6.54 Å². The van der Waals surface area contributed by atoms with E-state index in [1.165, 1.54) is 4.91 Å². The van der Waals surface area contributed by atoms with Gasteiger partial charge in [0.05, 0.1) is 0 Å². The third kappa shape index (κ3) is 1.13. The summed E-state index contributed by atoms with van der Waals surface area (Å²) in [7, 11) is 1.90. The fourth-order valence-electron chi connectivity index (χ4n) is 0.211. The van der Waals surface area contributed by atoms with Crippen molar-refractivity contribution in [2.75, 3.05) is 6.54 Å². The summed E-state index contributed by atoms with van der Waals surface area (Å²) in [5.74, 6) is 0. The van der Waals surface area contributed by atoms with E-state index < -0.39 is 0 Å². The van der Waals surface area contributed by atoms with Crippen LogP contribution in [0.15, 0.2) is 11.5 Å². The maximum absolute atomic E-state index is 3.78. The molecule has 1 saturated heterocycles. The van der Waals surface area contributed by atoms with Gasteiger partial charge in [-0.3, -0.25) is 0 Å². The first-order chi connectivity index (χ1) is 2.89. The molecule has 1 heterocycles. The molecular formula is C3H5INS-. The van der Waals surface area contributed by atoms with Crippen molar-refractivity contribution in [3.63, 3.8) is 0 Å². The second-order valence-electron chi connectivity index (χ2n) is 1.00. The van der Waals surface area contributed by atoms with Crippen molar-refractivity contribution in [2.45, 2.75) is 0 Å². The van der Waals surface area contributed by atoms with Gasteiger partial charge in [0.2, 0.25) is 0 Å². The van der Waals surface area contributed by atoms with Crippen LogP contribution >= 0.6 is 8.93 Å². The Labute approximate surface area is 50.6 Å². The third-order valence-electron chi connectivity index (χ3n) is 0.466. The van der Waals surface area contributed by atoms with E-state index in [1.54, 1.807) is 0 Å². The van der Waals surface area contributed by atoms with Gasteiger partial charge in [-0.25, -0.2) is 0 Å². The van der Waals surface area contributed by atoms with Gasteiger partial charge in [0.15, 0.2) is 0 Å². The Balaban J connectivity index is 2.37. The average Bonchev–Trinajstić information content (AvgIpc) is 1.86. The molecule has 0 aromatic rings. The zero-order valence-corrected chi connectivity index (χ0v) is 6.17. The standard InChI is InChI=1S/C3H5INS/c1-3-2-5-4-6-3/h5H,1-2H2/q-1. The number of hydrogen-bond donors (Lipinski definition) is 1. The Morgan fingerprint density at radius 2 is 2.83 bits per heavy atom. The maximum atomic E-state index is 3.78. The van der Waals surface area contributed by atoms with E-state index in [1.807, 2.05) is 8.93 Å². The quantitative estimate of drug-likeness (QED) is 0.361. The molecule has 0 saturated carbocycles. The van der Waals surface area contributed by atoms with Crippen molar-refractivity contribution in [1.29, 1.82) is 0 Å². The molecule has 1 rings (SSSR count). The Hall–Kier alpha value is 0.780. The normalized spacial score (nSPS) is 23.7. The Morgan fingerprint density at radius 3 is 3.00 bits per heavy atom. The van der Waals surface area contributed by atoms with E-state index >= 15 is 0 Å². The summed E-state index contributed by atoms with van der Waals surface area (Å²) < 4.78 is 3.25. The van der Waals surface area contributed by atoms with E-state index in [9.17, 15) is 0 Å². The summed E-state index contributed by atoms with van der Waals surface area (Å²) in [6.07, 6.45) is 0. The molecule has 0 aliphatic carbocycles. The molecule has 36 valence electrons. The van der Waals surface area contributed by atoms with Crippen LogP contribution in [0.4, 0.5) is 0 Å². The fourth-order valence-corrected chi connectivity index (χ4v) is 3.61. The zero-order chi connectivity index (χ0) is 4.41. The van der Waals surface area contributed by atoms with E-state index in [-0.39, 0.29) is 20.1 Å². The van der Waals surface area contributed by atoms with Crippen molar-refractivity contribution < 1.29 is 20.1 Å². The first kappa shape index (κ1) is 4.93. The number of hydrogen-bond acceptors (Lipinski definition) is 2. The fraction of sp³-hybridized carbons (Fsp3) is 0.333. The van der Waals surface area contributed by atoms with Crippen LogP contribution in [0.2, 0.25) is 0 Å². The average molecular weight is 214 g/mol. The molecular weight excluding hydrogens is 209 g/mol. The van der Waals surface area contributed by atoms with Gasteiger partial charge in [-0.05, 0) is 0 Å². The third-order valence-corrected chi connectivity index (χ3v) is 4.86. The van der Waals surface area contributed by atoms with Crippen LogP contribution in [-0.2, 0) is 0 Å². The van der Waals surface area contributed by atoms with Gasteiger partial charge >= 0.3 is 50.6 Å². The number of nitrogens with one attached hydrogen (secondary N) is 1. The SMILES string of the molecule is C=C1CN[I-]S1. The van der Waals surface area contributed by atoms with Crippen LogP contribution < -0.4 is 23.6 Å². The molecule has 1 aliphatic heterocycles. The molecule has 0 bridgehead atoms. The predicted octanol–water partition coefficient (Wildman–Crippen LogP) is -2.24. The Bertz CT molecular complexity index is 65.2. The predicted molar refractivity (Wildman–Crippen MR) is 24.7 cm³/mol. The second kappa shape index (κ2) is 2.18. The zero-order valence-electron chi connectivity index (χ0n) is 3.20. The first-order valence-corrected chi connectivity index (χ1v) is 6.05. The van der Waals surface area contributed by atoms with Crippen molar-refractivity contribution in [3.8, 4) is 0 Å². The molecule has 0 aromatic heterocycles. The van der Waals surface area contributed by atoms with Gasteiger partial charge in [-0.1, -0.05) is 0 Å². The molecule has 1 nitrogen and oxygen atoms in total. The van der Waals surface area contributed by atoms with Gasteiger partial charge in [-0.15, -0.1) is 0 Å². The molecule has 6 heavy (non-hydrogen) atoms. The van der Waals surface area contributed by atoms with Gasteiger partial charge < -0.3 is 0 Å². The first-order valence-electron chi connectivity index (χ1n) is 1.61. The molecule has 3 heteroatoms. The second-order valence-corrected chi connectivity index (χ2v) is 5.29. The van der Waals surface area contributed by atoms with Crippen molar-refractivity contribution in [3.05, 3.63) is 11.5 Å². The van der Waals surface area contributed by atoms with Crippen LogP contribution in [0.1, 0.15) is 0 Å². The molecule has 0 spiro atoms. The molecule has 0 radical (unpaired) electrons. The van der Waals surface area contributed by atoms with Crippen LogP contribution in [0.3, 0.4) is 0 Å². The van der Waals surface area contributed by atoms with Gasteiger partial charge in [-0.2, -0.15) is 0 Å². The molecule has 0 atom stereocenters. The minimum atomic E-state index is 0.269. The summed E-state index contributed by atoms with van der Waals surface area (Å²) >= 11 is 0.269. The molecule has 1 fully saturated rings. The molecule has 1 N–H and O–H groups in total. The van der Waals surface area contributed by atoms with Gasteiger partial charge in [0.25, 0.3) is 0 Å². The topological polar surface area (TPSA) is 12.0 Å². The Kier molecular flexibility index (Phi) is 1.79. The summed E-state index contributed by atoms with van der Waals surface area (Å²) in [6, 6.07) is 0. The van der Waals surface area contributed by atoms with Crippen molar-refractivity contribution in [1.82, 2.24) is 3.53 Å². The Morgan fingerprint density at radius 1 is 2.00 bits per heavy atom. The summed E-state index contributed by atoms with van der Waals surface area (Å²) in [5, 5.41) is 0. The number of rotatable bonds is 0. The van der Waals surface area contributed by atoms with Crippen LogP contribution in [0, 0.1) is 0 Å². The van der Waals surface area contributed by atoms with Crippen LogP contribution in [0.25, 0.3) is 0 Å². The monoisotopic (exact) mass is 214 g/mol. The minimum absolute atomic E-state index is 0.269. The summed E-state index contributed by atoms with van der Waals surface area (Å²) in [4.78, 5) is 1.31. The van der Waals surface area contributed by atoms with E-state index in [2.05, 4.69) is 10.1 Å². The van der Waals surface area contributed by atoms with Gasteiger partial charge in [0, 0.05) is 0 Å². The van der Waals surface area contributed by atoms with Crippen LogP contribution in [-0.4, -0.2) is 6.54 Å². The van der Waals surface area contributed by atoms with Crippen LogP contribution in [0.5, 0.6) is 0 Å². The molecule has 0 amide bonds. The number of halogens is 1. The summed E-state index contributed by atoms with van der Waals surface area (Å²) in [6.45, 7) is 4.84. The summed E-state index contributed by atoms with van der Waals surface area (Å²) in [5.41, 5.74) is 0. The van der Waals surface area contributed by atoms with Crippen molar-refractivity contribution in [2.24, 2.45) is 0 Å².